The number of ether oxygens (including phenoxy) is 3. The van der Waals surface area contributed by atoms with Crippen LogP contribution in [0.2, 0.25) is 51.4 Å². The lowest BCUT2D eigenvalue weighted by molar-refractivity contribution is 0.0934. The van der Waals surface area contributed by atoms with Crippen molar-refractivity contribution >= 4 is 27.6 Å². The van der Waals surface area contributed by atoms with Crippen LogP contribution < -0.4 is 4.90 Å². The molecule has 3 aromatic heterocycles. The molecule has 2 aliphatic rings. The molecule has 3 heterocycles. The van der Waals surface area contributed by atoms with Gasteiger partial charge in [0.05, 0.1) is 24.2 Å². The summed E-state index contributed by atoms with van der Waals surface area (Å²) >= 11 is 0. The summed E-state index contributed by atoms with van der Waals surface area (Å²) in [5, 5.41) is 5.03. The maximum Gasteiger partial charge on any atom is 0.165 e. The van der Waals surface area contributed by atoms with Gasteiger partial charge in [0.1, 0.15) is 19.3 Å². The largest absolute Gasteiger partial charge is 0.380 e. The zero-order valence-electron chi connectivity index (χ0n) is 30.9. The third-order valence-electron chi connectivity index (χ3n) is 10.2. The zero-order valence-corrected chi connectivity index (χ0v) is 32.9. The summed E-state index contributed by atoms with van der Waals surface area (Å²) < 4.78 is 20.9. The summed E-state index contributed by atoms with van der Waals surface area (Å²) in [7, 11) is -0.713. The van der Waals surface area contributed by atoms with Gasteiger partial charge in [-0.15, -0.1) is 0 Å². The van der Waals surface area contributed by atoms with Gasteiger partial charge in [-0.25, -0.2) is 4.98 Å². The predicted molar refractivity (Wildman–Crippen MR) is 206 cm³/mol. The Kier molecular flexibility index (Phi) is 11.4. The van der Waals surface area contributed by atoms with E-state index >= 15 is 0 Å². The molecule has 6 rings (SSSR count). The highest BCUT2D eigenvalue weighted by Gasteiger charge is 2.38. The van der Waals surface area contributed by atoms with Gasteiger partial charge in [0.25, 0.3) is 0 Å². The van der Waals surface area contributed by atoms with E-state index in [1.807, 2.05) is 35.1 Å². The molecule has 8 nitrogen and oxygen atoms in total. The van der Waals surface area contributed by atoms with Crippen LogP contribution in [0.25, 0.3) is 28.0 Å². The Bertz CT molecular complexity index is 1630. The molecule has 0 N–H and O–H groups in total. The van der Waals surface area contributed by atoms with E-state index in [-0.39, 0.29) is 0 Å². The maximum atomic E-state index is 6.46. The topological polar surface area (TPSA) is 74.0 Å². The standard InChI is InChI=1S/C39H57N5O3Si2/c1-45-26-35-37(33-22-29-13-14-30(21-29)23-33)42-38-34(32-15-16-36(40-24-32)31-11-9-8-10-12-31)25-41-44(38)39(35)43(27-46-17-19-48(2,3)4)28-47-18-20-49(5,6)7/h8-12,15-16,24-25,29-30,33H,13-14,17-23,26-28H2,1-7H3/t29-,30+,33+. The van der Waals surface area contributed by atoms with Crippen molar-refractivity contribution in [1.29, 1.82) is 0 Å². The van der Waals surface area contributed by atoms with E-state index < -0.39 is 16.1 Å². The number of anilines is 1. The van der Waals surface area contributed by atoms with Crippen LogP contribution in [0.15, 0.2) is 54.9 Å². The van der Waals surface area contributed by atoms with Gasteiger partial charge in [-0.3, -0.25) is 4.98 Å². The van der Waals surface area contributed by atoms with Gasteiger partial charge in [0.15, 0.2) is 5.65 Å². The Hall–Kier alpha value is -2.90. The molecule has 0 aliphatic heterocycles. The average molecular weight is 700 g/mol. The van der Waals surface area contributed by atoms with Crippen LogP contribution in [-0.4, -0.2) is 69.5 Å². The summed E-state index contributed by atoms with van der Waals surface area (Å²) in [6.45, 7) is 17.1. The molecule has 3 atom stereocenters. The number of hydrogen-bond donors (Lipinski definition) is 0. The molecule has 2 bridgehead atoms. The first-order chi connectivity index (χ1) is 23.5. The lowest BCUT2D eigenvalue weighted by Crippen LogP contribution is -2.35. The first-order valence-corrected chi connectivity index (χ1v) is 25.7. The third kappa shape index (κ3) is 9.07. The fraction of sp³-hybridized carbons (Fsp3) is 0.564. The minimum absolute atomic E-state index is 0.393. The lowest BCUT2D eigenvalue weighted by atomic mass is 9.78. The van der Waals surface area contributed by atoms with Gasteiger partial charge in [0.2, 0.25) is 0 Å². The predicted octanol–water partition coefficient (Wildman–Crippen LogP) is 9.33. The van der Waals surface area contributed by atoms with Crippen molar-refractivity contribution in [3.8, 4) is 22.4 Å². The molecule has 0 radical (unpaired) electrons. The molecule has 0 spiro atoms. The molecule has 2 fully saturated rings. The molecule has 4 aromatic rings. The van der Waals surface area contributed by atoms with Crippen molar-refractivity contribution in [2.75, 3.05) is 38.7 Å². The first-order valence-electron chi connectivity index (χ1n) is 18.3. The smallest absolute Gasteiger partial charge is 0.165 e. The summed E-state index contributed by atoms with van der Waals surface area (Å²) in [5.41, 5.74) is 7.16. The van der Waals surface area contributed by atoms with E-state index in [2.05, 4.69) is 68.4 Å². The monoisotopic (exact) mass is 699 g/mol. The number of hydrogen-bond acceptors (Lipinski definition) is 7. The van der Waals surface area contributed by atoms with Gasteiger partial charge in [-0.2, -0.15) is 9.61 Å². The molecule has 49 heavy (non-hydrogen) atoms. The SMILES string of the molecule is COCc1c([C@H]2C[C@@H]3CC[C@@H](C3)C2)nc2c(-c3ccc(-c4ccccc4)nc3)cnn2c1N(COCC[Si](C)(C)C)COCC[Si](C)(C)C. The Morgan fingerprint density at radius 3 is 2.02 bits per heavy atom. The van der Waals surface area contributed by atoms with Crippen molar-refractivity contribution < 1.29 is 14.2 Å². The fourth-order valence-electron chi connectivity index (χ4n) is 7.51. The third-order valence-corrected chi connectivity index (χ3v) is 13.6. The van der Waals surface area contributed by atoms with Crippen LogP contribution >= 0.6 is 0 Å². The molecular weight excluding hydrogens is 643 g/mol. The van der Waals surface area contributed by atoms with Gasteiger partial charge in [-0.05, 0) is 49.3 Å². The fourth-order valence-corrected chi connectivity index (χ4v) is 9.02. The molecule has 0 saturated heterocycles. The first kappa shape index (κ1) is 35.9. The van der Waals surface area contributed by atoms with Crippen LogP contribution in [0.4, 0.5) is 5.82 Å². The Morgan fingerprint density at radius 2 is 1.45 bits per heavy atom. The van der Waals surface area contributed by atoms with E-state index in [1.165, 1.54) is 32.1 Å². The van der Waals surface area contributed by atoms with Crippen LogP contribution in [0.5, 0.6) is 0 Å². The molecule has 0 unspecified atom stereocenters. The Balaban J connectivity index is 1.44. The molecule has 1 aromatic carbocycles. The van der Waals surface area contributed by atoms with E-state index in [0.29, 0.717) is 26.0 Å². The van der Waals surface area contributed by atoms with E-state index in [4.69, 9.17) is 29.3 Å². The molecule has 2 saturated carbocycles. The lowest BCUT2D eigenvalue weighted by Gasteiger charge is -2.32. The number of methoxy groups -OCH3 is 1. The highest BCUT2D eigenvalue weighted by atomic mass is 28.3. The average Bonchev–Trinajstić information content (AvgIpc) is 3.65. The summed E-state index contributed by atoms with van der Waals surface area (Å²) in [5.74, 6) is 2.93. The van der Waals surface area contributed by atoms with E-state index in [0.717, 1.165) is 82.2 Å². The Morgan fingerprint density at radius 1 is 0.796 bits per heavy atom. The van der Waals surface area contributed by atoms with Gasteiger partial charge in [0, 0.05) is 70.8 Å². The van der Waals surface area contributed by atoms with Crippen LogP contribution in [0.3, 0.4) is 0 Å². The molecular formula is C39H57N5O3Si2. The minimum atomic E-state index is -1.25. The quantitative estimate of drug-likeness (QED) is 0.0656. The van der Waals surface area contributed by atoms with Crippen LogP contribution in [0, 0.1) is 11.8 Å². The van der Waals surface area contributed by atoms with Crippen molar-refractivity contribution in [3.63, 3.8) is 0 Å². The summed E-state index contributed by atoms with van der Waals surface area (Å²) in [6.07, 6.45) is 10.3. The van der Waals surface area contributed by atoms with Crippen molar-refractivity contribution in [3.05, 3.63) is 66.1 Å². The van der Waals surface area contributed by atoms with Crippen LogP contribution in [-0.2, 0) is 20.8 Å². The molecule has 2 aliphatic carbocycles. The van der Waals surface area contributed by atoms with Gasteiger partial charge in [-0.1, -0.05) is 88.5 Å². The number of pyridine rings is 1. The van der Waals surface area contributed by atoms with Gasteiger partial charge >= 0.3 is 0 Å². The number of fused-ring (bicyclic) bond motifs is 3. The zero-order chi connectivity index (χ0) is 34.6. The minimum Gasteiger partial charge on any atom is -0.380 e. The molecule has 10 heteroatoms. The second-order valence-electron chi connectivity index (χ2n) is 16.8. The van der Waals surface area contributed by atoms with E-state index in [1.54, 1.807) is 7.11 Å². The number of rotatable bonds is 16. The maximum absolute atomic E-state index is 6.46. The second kappa shape index (κ2) is 15.6. The van der Waals surface area contributed by atoms with Crippen molar-refractivity contribution in [1.82, 2.24) is 19.6 Å². The normalized spacial score (nSPS) is 19.5. The van der Waals surface area contributed by atoms with E-state index in [9.17, 15) is 0 Å². The highest BCUT2D eigenvalue weighted by molar-refractivity contribution is 6.76. The Labute approximate surface area is 295 Å². The second-order valence-corrected chi connectivity index (χ2v) is 28.0. The molecule has 0 amide bonds. The summed E-state index contributed by atoms with van der Waals surface area (Å²) in [4.78, 5) is 12.6. The number of aromatic nitrogens is 4. The van der Waals surface area contributed by atoms with Crippen molar-refractivity contribution in [2.45, 2.75) is 96.0 Å². The number of nitrogens with zero attached hydrogens (tertiary/aromatic N) is 5. The van der Waals surface area contributed by atoms with Crippen LogP contribution in [0.1, 0.15) is 49.3 Å². The highest BCUT2D eigenvalue weighted by Crippen LogP contribution is 2.49. The molecule has 264 valence electrons. The summed E-state index contributed by atoms with van der Waals surface area (Å²) in [6, 6.07) is 16.8. The number of benzene rings is 1. The van der Waals surface area contributed by atoms with Crippen molar-refractivity contribution in [2.24, 2.45) is 11.8 Å². The van der Waals surface area contributed by atoms with Gasteiger partial charge < -0.3 is 19.1 Å².